The number of benzene rings is 1. The molecule has 3 nitrogen and oxygen atoms in total. The molecule has 2 aromatic rings. The Hall–Kier alpha value is -1.75. The van der Waals surface area contributed by atoms with E-state index >= 15 is 0 Å². The van der Waals surface area contributed by atoms with E-state index in [4.69, 9.17) is 4.42 Å². The molecule has 1 N–H and O–H groups in total. The van der Waals surface area contributed by atoms with Crippen LogP contribution in [0.4, 0.5) is 8.78 Å². The van der Waals surface area contributed by atoms with Crippen molar-refractivity contribution in [2.24, 2.45) is 0 Å². The fraction of sp³-hybridized carbons (Fsp3) is 0.357. The lowest BCUT2D eigenvalue weighted by Gasteiger charge is -2.05. The number of nitrogens with zero attached hydrogens (tertiary/aromatic N) is 1. The lowest BCUT2D eigenvalue weighted by Crippen LogP contribution is -2.24. The molecule has 0 saturated heterocycles. The van der Waals surface area contributed by atoms with Crippen molar-refractivity contribution in [2.75, 3.05) is 6.54 Å². The molecule has 0 aliphatic rings. The predicted octanol–water partition coefficient (Wildman–Crippen LogP) is 3.16. The van der Waals surface area contributed by atoms with E-state index in [2.05, 4.69) is 10.3 Å². The summed E-state index contributed by atoms with van der Waals surface area (Å²) in [6.45, 7) is 4.81. The molecule has 5 heteroatoms. The van der Waals surface area contributed by atoms with Crippen LogP contribution in [0.2, 0.25) is 0 Å². The van der Waals surface area contributed by atoms with Gasteiger partial charge in [0.2, 0.25) is 0 Å². The summed E-state index contributed by atoms with van der Waals surface area (Å²) in [5, 5.41) is 3.23. The summed E-state index contributed by atoms with van der Waals surface area (Å²) in [6.07, 6.45) is 2.03. The Labute approximate surface area is 110 Å². The molecule has 2 rings (SSSR count). The highest BCUT2D eigenvalue weighted by Gasteiger charge is 2.13. The number of hydrogen-bond acceptors (Lipinski definition) is 3. The maximum absolute atomic E-state index is 13.6. The van der Waals surface area contributed by atoms with Crippen molar-refractivity contribution in [3.05, 3.63) is 41.9 Å². The second-order valence-corrected chi connectivity index (χ2v) is 4.58. The van der Waals surface area contributed by atoms with Crippen LogP contribution in [0.3, 0.4) is 0 Å². The molecule has 0 aliphatic carbocycles. The average molecular weight is 266 g/mol. The Morgan fingerprint density at radius 2 is 2.11 bits per heavy atom. The van der Waals surface area contributed by atoms with Crippen LogP contribution >= 0.6 is 0 Å². The fourth-order valence-electron chi connectivity index (χ4n) is 1.71. The molecule has 1 aromatic carbocycles. The van der Waals surface area contributed by atoms with Crippen molar-refractivity contribution in [3.63, 3.8) is 0 Å². The summed E-state index contributed by atoms with van der Waals surface area (Å²) in [6, 6.07) is 4.36. The monoisotopic (exact) mass is 266 g/mol. The van der Waals surface area contributed by atoms with Crippen molar-refractivity contribution in [3.8, 4) is 11.3 Å². The highest BCUT2D eigenvalue weighted by Crippen LogP contribution is 2.25. The van der Waals surface area contributed by atoms with Crippen LogP contribution in [0, 0.1) is 11.6 Å². The van der Waals surface area contributed by atoms with E-state index in [-0.39, 0.29) is 11.3 Å². The molecular formula is C14H16F2N2O. The van der Waals surface area contributed by atoms with Gasteiger partial charge in [0.05, 0.1) is 11.8 Å². The first-order chi connectivity index (χ1) is 9.08. The van der Waals surface area contributed by atoms with Crippen molar-refractivity contribution in [2.45, 2.75) is 26.3 Å². The van der Waals surface area contributed by atoms with Crippen LogP contribution in [0.5, 0.6) is 0 Å². The first kappa shape index (κ1) is 13.7. The zero-order valence-electron chi connectivity index (χ0n) is 10.9. The Bertz CT molecular complexity index is 552. The van der Waals surface area contributed by atoms with Gasteiger partial charge in [-0.1, -0.05) is 19.9 Å². The summed E-state index contributed by atoms with van der Waals surface area (Å²) in [7, 11) is 0. The molecule has 0 bridgehead atoms. The summed E-state index contributed by atoms with van der Waals surface area (Å²) < 4.78 is 32.1. The van der Waals surface area contributed by atoms with E-state index < -0.39 is 11.6 Å². The van der Waals surface area contributed by atoms with Gasteiger partial charge in [-0.2, -0.15) is 0 Å². The highest BCUT2D eigenvalue weighted by molar-refractivity contribution is 5.57. The minimum atomic E-state index is -0.912. The smallest absolute Gasteiger partial charge is 0.196 e. The molecule has 0 aliphatic heterocycles. The van der Waals surface area contributed by atoms with E-state index in [1.54, 1.807) is 0 Å². The number of nitrogens with one attached hydrogen (secondary N) is 1. The lowest BCUT2D eigenvalue weighted by atomic mass is 10.2. The third-order valence-electron chi connectivity index (χ3n) is 2.66. The molecule has 0 amide bonds. The number of aromatic nitrogens is 1. The molecule has 0 atom stereocenters. The molecule has 0 radical (unpaired) electrons. The first-order valence-electron chi connectivity index (χ1n) is 6.20. The van der Waals surface area contributed by atoms with E-state index in [0.717, 1.165) is 12.6 Å². The molecule has 0 unspecified atom stereocenters. The van der Waals surface area contributed by atoms with E-state index in [1.165, 1.54) is 18.3 Å². The normalized spacial score (nSPS) is 11.2. The van der Waals surface area contributed by atoms with Gasteiger partial charge < -0.3 is 9.73 Å². The quantitative estimate of drug-likeness (QED) is 0.903. The zero-order valence-corrected chi connectivity index (χ0v) is 10.9. The summed E-state index contributed by atoms with van der Waals surface area (Å²) in [4.78, 5) is 4.06. The minimum Gasteiger partial charge on any atom is -0.441 e. The van der Waals surface area contributed by atoms with Gasteiger partial charge in [0.15, 0.2) is 23.3 Å². The van der Waals surface area contributed by atoms with Crippen LogP contribution in [0.1, 0.15) is 19.7 Å². The SMILES string of the molecule is CC(C)NCCc1ncc(-c2cccc(F)c2F)o1. The van der Waals surface area contributed by atoms with Gasteiger partial charge in [-0.25, -0.2) is 13.8 Å². The Kier molecular flexibility index (Phi) is 4.27. The number of halogens is 2. The van der Waals surface area contributed by atoms with Crippen LogP contribution in [-0.4, -0.2) is 17.6 Å². The molecule has 1 heterocycles. The van der Waals surface area contributed by atoms with E-state index in [9.17, 15) is 8.78 Å². The third kappa shape index (κ3) is 3.38. The van der Waals surface area contributed by atoms with E-state index in [0.29, 0.717) is 18.4 Å². The molecule has 1 aromatic heterocycles. The van der Waals surface area contributed by atoms with Crippen LogP contribution in [0.25, 0.3) is 11.3 Å². The van der Waals surface area contributed by atoms with Gasteiger partial charge in [0, 0.05) is 19.0 Å². The summed E-state index contributed by atoms with van der Waals surface area (Å²) in [5.74, 6) is -1.05. The van der Waals surface area contributed by atoms with Crippen molar-refractivity contribution < 1.29 is 13.2 Å². The van der Waals surface area contributed by atoms with E-state index in [1.807, 2.05) is 13.8 Å². The van der Waals surface area contributed by atoms with Gasteiger partial charge in [0.25, 0.3) is 0 Å². The first-order valence-corrected chi connectivity index (χ1v) is 6.20. The lowest BCUT2D eigenvalue weighted by molar-refractivity contribution is 0.475. The maximum atomic E-state index is 13.6. The zero-order chi connectivity index (χ0) is 13.8. The second kappa shape index (κ2) is 5.93. The number of oxazole rings is 1. The molecule has 0 fully saturated rings. The second-order valence-electron chi connectivity index (χ2n) is 4.58. The Morgan fingerprint density at radius 1 is 1.32 bits per heavy atom. The van der Waals surface area contributed by atoms with Gasteiger partial charge in [-0.3, -0.25) is 0 Å². The largest absolute Gasteiger partial charge is 0.441 e. The fourth-order valence-corrected chi connectivity index (χ4v) is 1.71. The van der Waals surface area contributed by atoms with Crippen LogP contribution in [0.15, 0.2) is 28.8 Å². The molecule has 102 valence electrons. The molecule has 0 saturated carbocycles. The Balaban J connectivity index is 2.10. The van der Waals surface area contributed by atoms with Crippen molar-refractivity contribution >= 4 is 0 Å². The Morgan fingerprint density at radius 3 is 2.84 bits per heavy atom. The van der Waals surface area contributed by atoms with Gasteiger partial charge >= 0.3 is 0 Å². The maximum Gasteiger partial charge on any atom is 0.196 e. The average Bonchev–Trinajstić information content (AvgIpc) is 2.81. The highest BCUT2D eigenvalue weighted by atomic mass is 19.2. The van der Waals surface area contributed by atoms with Crippen molar-refractivity contribution in [1.82, 2.24) is 10.3 Å². The topological polar surface area (TPSA) is 38.1 Å². The molecular weight excluding hydrogens is 250 g/mol. The van der Waals surface area contributed by atoms with Gasteiger partial charge in [-0.15, -0.1) is 0 Å². The predicted molar refractivity (Wildman–Crippen MR) is 68.7 cm³/mol. The number of hydrogen-bond donors (Lipinski definition) is 1. The standard InChI is InChI=1S/C14H16F2N2O/c1-9(2)17-7-6-13-18-8-12(19-13)10-4-3-5-11(15)14(10)16/h3-5,8-9,17H,6-7H2,1-2H3. The summed E-state index contributed by atoms with van der Waals surface area (Å²) in [5.41, 5.74) is 0.0931. The molecule has 19 heavy (non-hydrogen) atoms. The minimum absolute atomic E-state index is 0.0931. The van der Waals surface area contributed by atoms with Crippen LogP contribution < -0.4 is 5.32 Å². The number of rotatable bonds is 5. The third-order valence-corrected chi connectivity index (χ3v) is 2.66. The summed E-state index contributed by atoms with van der Waals surface area (Å²) >= 11 is 0. The molecule has 0 spiro atoms. The van der Waals surface area contributed by atoms with Gasteiger partial charge in [-0.05, 0) is 12.1 Å². The van der Waals surface area contributed by atoms with Crippen LogP contribution in [-0.2, 0) is 6.42 Å². The van der Waals surface area contributed by atoms with Crippen molar-refractivity contribution in [1.29, 1.82) is 0 Å². The van der Waals surface area contributed by atoms with Gasteiger partial charge in [0.1, 0.15) is 0 Å².